The molecule has 0 N–H and O–H groups in total. The third kappa shape index (κ3) is 3.32. The van der Waals surface area contributed by atoms with Gasteiger partial charge in [0.1, 0.15) is 0 Å². The third-order valence-electron chi connectivity index (χ3n) is 6.28. The molecule has 6 heteroatoms. The summed E-state index contributed by atoms with van der Waals surface area (Å²) in [6.45, 7) is 7.42. The second kappa shape index (κ2) is 7.16. The second-order valence-electron chi connectivity index (χ2n) is 8.18. The molecular weight excluding hydrogens is 328 g/mol. The lowest BCUT2D eigenvalue weighted by Crippen LogP contribution is -2.57. The van der Waals surface area contributed by atoms with Crippen LogP contribution in [0.1, 0.15) is 36.9 Å². The van der Waals surface area contributed by atoms with Crippen LogP contribution in [0.25, 0.3) is 0 Å². The predicted molar refractivity (Wildman–Crippen MR) is 99.9 cm³/mol. The maximum atomic E-state index is 12.9. The Labute approximate surface area is 156 Å². The smallest absolute Gasteiger partial charge is 0.320 e. The van der Waals surface area contributed by atoms with Crippen molar-refractivity contribution >= 4 is 6.03 Å². The fraction of sp³-hybridized carbons (Fsp3) is 0.700. The Kier molecular flexibility index (Phi) is 4.88. The van der Waals surface area contributed by atoms with Crippen LogP contribution in [0.3, 0.4) is 0 Å². The van der Waals surface area contributed by atoms with E-state index in [0.29, 0.717) is 6.04 Å². The second-order valence-corrected chi connectivity index (χ2v) is 8.18. The zero-order valence-electron chi connectivity index (χ0n) is 16.0. The first-order valence-electron chi connectivity index (χ1n) is 9.83. The molecular formula is C20H30N4O2. The molecule has 26 heavy (non-hydrogen) atoms. The molecule has 2 amide bonds. The molecule has 0 bridgehead atoms. The molecule has 6 nitrogen and oxygen atoms in total. The molecule has 4 heterocycles. The van der Waals surface area contributed by atoms with Crippen molar-refractivity contribution in [2.45, 2.75) is 50.7 Å². The maximum absolute atomic E-state index is 12.9. The van der Waals surface area contributed by atoms with E-state index in [2.05, 4.69) is 33.8 Å². The van der Waals surface area contributed by atoms with Gasteiger partial charge in [0.2, 0.25) is 0 Å². The topological polar surface area (TPSA) is 48.9 Å². The average Bonchev–Trinajstić information content (AvgIpc) is 2.88. The SMILES string of the molecule is Cc1ccc(CN2CCC(N3C(=O)N(C)CC34CCOCC4)CC2)nc1. The van der Waals surface area contributed by atoms with Gasteiger partial charge in [-0.1, -0.05) is 6.07 Å². The van der Waals surface area contributed by atoms with Gasteiger partial charge in [0.25, 0.3) is 0 Å². The highest BCUT2D eigenvalue weighted by molar-refractivity contribution is 5.78. The van der Waals surface area contributed by atoms with Crippen LogP contribution in [0.4, 0.5) is 4.79 Å². The average molecular weight is 358 g/mol. The number of carbonyl (C=O) groups is 1. The molecule has 0 radical (unpaired) electrons. The number of ether oxygens (including phenoxy) is 1. The van der Waals surface area contributed by atoms with Crippen LogP contribution >= 0.6 is 0 Å². The van der Waals surface area contributed by atoms with Gasteiger partial charge in [0.15, 0.2) is 0 Å². The van der Waals surface area contributed by atoms with Crippen LogP contribution in [-0.2, 0) is 11.3 Å². The lowest BCUT2D eigenvalue weighted by molar-refractivity contribution is -0.0165. The number of amides is 2. The Morgan fingerprint density at radius 1 is 1.23 bits per heavy atom. The minimum Gasteiger partial charge on any atom is -0.381 e. The van der Waals surface area contributed by atoms with Crippen molar-refractivity contribution in [3.8, 4) is 0 Å². The van der Waals surface area contributed by atoms with Crippen LogP contribution < -0.4 is 0 Å². The molecule has 142 valence electrons. The number of hydrogen-bond acceptors (Lipinski definition) is 4. The minimum absolute atomic E-state index is 0.00453. The lowest BCUT2D eigenvalue weighted by Gasteiger charge is -2.46. The molecule has 1 aromatic rings. The Balaban J connectivity index is 1.40. The number of aryl methyl sites for hydroxylation is 1. The summed E-state index contributed by atoms with van der Waals surface area (Å²) in [5.74, 6) is 0. The highest BCUT2D eigenvalue weighted by Gasteiger charge is 2.51. The number of urea groups is 1. The molecule has 1 spiro atoms. The van der Waals surface area contributed by atoms with Crippen molar-refractivity contribution in [1.29, 1.82) is 0 Å². The van der Waals surface area contributed by atoms with Gasteiger partial charge in [0, 0.05) is 58.7 Å². The van der Waals surface area contributed by atoms with Crippen LogP contribution in [0.15, 0.2) is 18.3 Å². The van der Waals surface area contributed by atoms with Crippen molar-refractivity contribution in [2.75, 3.05) is 39.9 Å². The van der Waals surface area contributed by atoms with Gasteiger partial charge in [-0.25, -0.2) is 4.79 Å². The first-order valence-corrected chi connectivity index (χ1v) is 9.83. The molecule has 3 saturated heterocycles. The van der Waals surface area contributed by atoms with E-state index in [-0.39, 0.29) is 11.6 Å². The number of pyridine rings is 1. The standard InChI is InChI=1S/C20H30N4O2/c1-16-3-4-17(21-13-16)14-23-9-5-18(6-10-23)24-19(25)22(2)15-20(24)7-11-26-12-8-20/h3-4,13,18H,5-12,14-15H2,1-2H3. The fourth-order valence-electron chi connectivity index (χ4n) is 4.82. The van der Waals surface area contributed by atoms with Gasteiger partial charge in [0.05, 0.1) is 11.2 Å². The first kappa shape index (κ1) is 17.7. The third-order valence-corrected chi connectivity index (χ3v) is 6.28. The highest BCUT2D eigenvalue weighted by Crippen LogP contribution is 2.38. The lowest BCUT2D eigenvalue weighted by atomic mass is 9.86. The maximum Gasteiger partial charge on any atom is 0.320 e. The Morgan fingerprint density at radius 2 is 1.96 bits per heavy atom. The number of carbonyl (C=O) groups excluding carboxylic acids is 1. The Hall–Kier alpha value is -1.66. The van der Waals surface area contributed by atoms with Crippen molar-refractivity contribution in [3.63, 3.8) is 0 Å². The van der Waals surface area contributed by atoms with Crippen LogP contribution in [0.2, 0.25) is 0 Å². The highest BCUT2D eigenvalue weighted by atomic mass is 16.5. The van der Waals surface area contributed by atoms with Crippen LogP contribution in [0, 0.1) is 6.92 Å². The zero-order valence-corrected chi connectivity index (χ0v) is 16.0. The van der Waals surface area contributed by atoms with Crippen LogP contribution in [-0.4, -0.2) is 77.2 Å². The number of aromatic nitrogens is 1. The molecule has 1 aromatic heterocycles. The molecule has 4 rings (SSSR count). The fourth-order valence-corrected chi connectivity index (χ4v) is 4.82. The van der Waals surface area contributed by atoms with Gasteiger partial charge in [-0.2, -0.15) is 0 Å². The van der Waals surface area contributed by atoms with E-state index in [1.54, 1.807) is 0 Å². The van der Waals surface area contributed by atoms with E-state index in [9.17, 15) is 4.79 Å². The molecule has 3 fully saturated rings. The number of rotatable bonds is 3. The van der Waals surface area contributed by atoms with Crippen molar-refractivity contribution in [3.05, 3.63) is 29.6 Å². The van der Waals surface area contributed by atoms with Crippen LogP contribution in [0.5, 0.6) is 0 Å². The Bertz CT molecular complexity index is 634. The monoisotopic (exact) mass is 358 g/mol. The van der Waals surface area contributed by atoms with Crippen molar-refractivity contribution < 1.29 is 9.53 Å². The summed E-state index contributed by atoms with van der Waals surface area (Å²) in [7, 11) is 1.94. The Morgan fingerprint density at radius 3 is 2.62 bits per heavy atom. The zero-order chi connectivity index (χ0) is 18.1. The van der Waals surface area contributed by atoms with Gasteiger partial charge < -0.3 is 14.5 Å². The first-order chi connectivity index (χ1) is 12.6. The minimum atomic E-state index is -0.00453. The number of hydrogen-bond donors (Lipinski definition) is 0. The largest absolute Gasteiger partial charge is 0.381 e. The van der Waals surface area contributed by atoms with Gasteiger partial charge in [-0.05, 0) is 44.2 Å². The molecule has 0 unspecified atom stereocenters. The quantitative estimate of drug-likeness (QED) is 0.832. The summed E-state index contributed by atoms with van der Waals surface area (Å²) >= 11 is 0. The molecule has 0 aliphatic carbocycles. The van der Waals surface area contributed by atoms with E-state index in [1.807, 2.05) is 18.1 Å². The molecule has 0 aromatic carbocycles. The van der Waals surface area contributed by atoms with Crippen molar-refractivity contribution in [1.82, 2.24) is 19.7 Å². The number of likely N-dealkylation sites (N-methyl/N-ethyl adjacent to an activating group) is 1. The van der Waals surface area contributed by atoms with E-state index < -0.39 is 0 Å². The number of piperidine rings is 1. The van der Waals surface area contributed by atoms with Gasteiger partial charge in [-0.3, -0.25) is 9.88 Å². The van der Waals surface area contributed by atoms with Gasteiger partial charge in [-0.15, -0.1) is 0 Å². The summed E-state index contributed by atoms with van der Waals surface area (Å²) < 4.78 is 5.58. The molecule has 0 saturated carbocycles. The summed E-state index contributed by atoms with van der Waals surface area (Å²) in [4.78, 5) is 24.0. The number of likely N-dealkylation sites (tertiary alicyclic amines) is 1. The summed E-state index contributed by atoms with van der Waals surface area (Å²) in [5.41, 5.74) is 2.33. The molecule has 3 aliphatic heterocycles. The predicted octanol–water partition coefficient (Wildman–Crippen LogP) is 2.27. The van der Waals surface area contributed by atoms with E-state index in [0.717, 1.165) is 70.8 Å². The summed E-state index contributed by atoms with van der Waals surface area (Å²) in [6, 6.07) is 4.82. The molecule has 3 aliphatic rings. The summed E-state index contributed by atoms with van der Waals surface area (Å²) in [5, 5.41) is 0. The van der Waals surface area contributed by atoms with E-state index in [4.69, 9.17) is 4.74 Å². The number of nitrogens with zero attached hydrogens (tertiary/aromatic N) is 4. The normalized spacial score (nSPS) is 24.6. The summed E-state index contributed by atoms with van der Waals surface area (Å²) in [6.07, 6.45) is 5.98. The molecule has 0 atom stereocenters. The van der Waals surface area contributed by atoms with Gasteiger partial charge >= 0.3 is 6.03 Å². The van der Waals surface area contributed by atoms with E-state index >= 15 is 0 Å². The van der Waals surface area contributed by atoms with Crippen molar-refractivity contribution in [2.24, 2.45) is 0 Å². The van der Waals surface area contributed by atoms with E-state index in [1.165, 1.54) is 5.56 Å².